The molecule has 0 spiro atoms. The first-order chi connectivity index (χ1) is 0. The van der Waals surface area contributed by atoms with Gasteiger partial charge in [-0.15, -0.1) is 0 Å². The first-order valence-corrected chi connectivity index (χ1v) is 0. The van der Waals surface area contributed by atoms with Crippen LogP contribution in [-0.2, 0) is 0 Å². The molecule has 0 atom stereocenters. The van der Waals surface area contributed by atoms with Crippen molar-refractivity contribution >= 4 is 68.5 Å². The summed E-state index contributed by atoms with van der Waals surface area (Å²) in [4.78, 5) is 0. The zero-order valence-corrected chi connectivity index (χ0v) is 10.3. The van der Waals surface area contributed by atoms with Gasteiger partial charge in [-0.05, 0) is 0 Å². The van der Waals surface area contributed by atoms with Crippen LogP contribution in [0.1, 0.15) is 0 Å². The number of rotatable bonds is 0. The molecule has 0 fully saturated rings. The molecule has 0 saturated heterocycles. The summed E-state index contributed by atoms with van der Waals surface area (Å²) in [5, 5.41) is 0. The quantitative estimate of drug-likeness (QED) is 0.422. The van der Waals surface area contributed by atoms with Gasteiger partial charge in [-0.3, -0.25) is 0 Å². The molecule has 0 aromatic carbocycles. The third kappa shape index (κ3) is 17.7. The average Bonchev–Trinajstić information content (AvgIpc) is 0. The van der Waals surface area contributed by atoms with Gasteiger partial charge in [0.25, 0.3) is 0 Å². The van der Waals surface area contributed by atoms with Crippen LogP contribution in [0.25, 0.3) is 0 Å². The maximum absolute atomic E-state index is 0. The molecule has 0 rings (SSSR count). The van der Waals surface area contributed by atoms with Crippen molar-refractivity contribution in [2.45, 2.75) is 0 Å². The van der Waals surface area contributed by atoms with Crippen molar-refractivity contribution in [1.29, 1.82) is 0 Å². The second-order valence-corrected chi connectivity index (χ2v) is 0. The molecule has 0 aromatic rings. The summed E-state index contributed by atoms with van der Waals surface area (Å²) in [6.45, 7) is 0. The molecular weight excluding hydrogens is 424 g/mol. The summed E-state index contributed by atoms with van der Waals surface area (Å²) in [5.41, 5.74) is 0. The molecule has 0 aliphatic rings. The Morgan fingerprint density at radius 1 is 1.00 bits per heavy atom. The van der Waals surface area contributed by atoms with E-state index in [2.05, 4.69) is 0 Å². The predicted octanol–water partition coefficient (Wildman–Crippen LogP) is -1.74. The SMILES string of the molecule is [Gd].[La].[MgH+].[OH-].[SrH2]. The Bertz CT molecular complexity index is 11.6. The molecule has 0 saturated carbocycles. The number of hydrogen-bond donors (Lipinski definition) is 0. The molecule has 0 aromatic heterocycles. The molecule has 5 heteroatoms. The van der Waals surface area contributed by atoms with Crippen molar-refractivity contribution in [1.82, 2.24) is 0 Å². The van der Waals surface area contributed by atoms with E-state index in [1.807, 2.05) is 0 Å². The fourth-order valence-corrected chi connectivity index (χ4v) is 0. The van der Waals surface area contributed by atoms with Crippen molar-refractivity contribution in [2.75, 3.05) is 0 Å². The van der Waals surface area contributed by atoms with Crippen molar-refractivity contribution in [3.63, 3.8) is 0 Å². The summed E-state index contributed by atoms with van der Waals surface area (Å²) >= 11 is 0. The third-order valence-corrected chi connectivity index (χ3v) is 0. The van der Waals surface area contributed by atoms with Gasteiger partial charge in [0.15, 0.2) is 0 Å². The summed E-state index contributed by atoms with van der Waals surface area (Å²) in [5.74, 6) is 0. The van der Waals surface area contributed by atoms with Crippen molar-refractivity contribution in [2.24, 2.45) is 0 Å². The Balaban J connectivity index is 0. The molecule has 0 aliphatic heterocycles. The van der Waals surface area contributed by atoms with Crippen LogP contribution in [0.5, 0.6) is 0 Å². The van der Waals surface area contributed by atoms with Gasteiger partial charge >= 0.3 is 68.5 Å². The maximum atomic E-state index is 0. The van der Waals surface area contributed by atoms with E-state index >= 15 is 0 Å². The average molecular weight is 428 g/mol. The van der Waals surface area contributed by atoms with Gasteiger partial charge in [-0.1, -0.05) is 0 Å². The van der Waals surface area contributed by atoms with Gasteiger partial charge in [0.05, 0.1) is 0 Å². The Morgan fingerprint density at radius 2 is 1.00 bits per heavy atom. The molecule has 1 nitrogen and oxygen atoms in total. The van der Waals surface area contributed by atoms with Gasteiger partial charge in [0, 0.05) is 75.5 Å². The van der Waals surface area contributed by atoms with Gasteiger partial charge in [-0.2, -0.15) is 0 Å². The van der Waals surface area contributed by atoms with Crippen LogP contribution in [0.4, 0.5) is 0 Å². The second-order valence-electron chi connectivity index (χ2n) is 0. The molecule has 0 aliphatic carbocycles. The summed E-state index contributed by atoms with van der Waals surface area (Å²) in [6.07, 6.45) is 0. The predicted molar refractivity (Wildman–Crippen MR) is 17.6 cm³/mol. The van der Waals surface area contributed by atoms with Crippen LogP contribution in [0.15, 0.2) is 0 Å². The van der Waals surface area contributed by atoms with E-state index in [4.69, 9.17) is 0 Å². The minimum atomic E-state index is 0. The molecule has 0 heterocycles. The van der Waals surface area contributed by atoms with Crippen LogP contribution in [0.2, 0.25) is 0 Å². The van der Waals surface area contributed by atoms with Gasteiger partial charge < -0.3 is 5.48 Å². The first kappa shape index (κ1) is 33.2. The molecule has 1 radical (unpaired) electrons. The fraction of sp³-hybridized carbons (Fsp3) is 0. The summed E-state index contributed by atoms with van der Waals surface area (Å²) in [6, 6.07) is 0. The Hall–Kier alpha value is 4.73. The van der Waals surface area contributed by atoms with Gasteiger partial charge in [-0.25, -0.2) is 0 Å². The van der Waals surface area contributed by atoms with E-state index in [1.54, 1.807) is 0 Å². The van der Waals surface area contributed by atoms with E-state index < -0.39 is 0 Å². The van der Waals surface area contributed by atoms with E-state index in [1.165, 1.54) is 0 Å². The summed E-state index contributed by atoms with van der Waals surface area (Å²) < 4.78 is 0. The zero-order chi connectivity index (χ0) is 0. The fourth-order valence-electron chi connectivity index (χ4n) is 0. The van der Waals surface area contributed by atoms with E-state index in [0.29, 0.717) is 0 Å². The topological polar surface area (TPSA) is 30.0 Å². The third-order valence-electron chi connectivity index (χ3n) is 0. The molecule has 0 amide bonds. The normalized spacial score (nSPS) is 0. The van der Waals surface area contributed by atoms with Crippen LogP contribution < -0.4 is 0 Å². The first-order valence-electron chi connectivity index (χ1n) is 0. The van der Waals surface area contributed by atoms with E-state index in [-0.39, 0.29) is 150 Å². The Kier molecular flexibility index (Phi) is 155. The van der Waals surface area contributed by atoms with Crippen LogP contribution >= 0.6 is 0 Å². The molecule has 0 unspecified atom stereocenters. The molecule has 0 bridgehead atoms. The standard InChI is InChI=1S/Gd.La.Mg.H2O.Sr.3H/h;;;1H2;;;;/q;;+1;;;;;/p-1. The molecule has 5 heavy (non-hydrogen) atoms. The van der Waals surface area contributed by atoms with Crippen LogP contribution in [-0.4, -0.2) is 74.0 Å². The monoisotopic (exact) mass is 429 g/mol. The molecule has 25 valence electrons. The van der Waals surface area contributed by atoms with Crippen LogP contribution in [0.3, 0.4) is 0 Å². The zero-order valence-electron chi connectivity index (χ0n) is 2.38. The summed E-state index contributed by atoms with van der Waals surface area (Å²) in [7, 11) is 0. The van der Waals surface area contributed by atoms with Crippen molar-refractivity contribution < 1.29 is 81.0 Å². The Morgan fingerprint density at radius 3 is 1.00 bits per heavy atom. The second kappa shape index (κ2) is 23.3. The van der Waals surface area contributed by atoms with E-state index in [9.17, 15) is 0 Å². The number of hydrogen-bond acceptors (Lipinski definition) is 1. The van der Waals surface area contributed by atoms with Crippen molar-refractivity contribution in [3.05, 3.63) is 0 Å². The molecule has 1 N–H and O–H groups in total. The Labute approximate surface area is 145 Å². The van der Waals surface area contributed by atoms with Crippen LogP contribution in [0, 0.1) is 75.5 Å². The molecular formula is H4GdLaMgOSr. The van der Waals surface area contributed by atoms with Gasteiger partial charge in [0.2, 0.25) is 0 Å². The van der Waals surface area contributed by atoms with E-state index in [0.717, 1.165) is 0 Å². The van der Waals surface area contributed by atoms with Crippen molar-refractivity contribution in [3.8, 4) is 0 Å². The van der Waals surface area contributed by atoms with Gasteiger partial charge in [0.1, 0.15) is 0 Å². The minimum absolute atomic E-state index is 0.